The molecule has 1 saturated carbocycles. The minimum Gasteiger partial charge on any atom is -0.466 e. The van der Waals surface area contributed by atoms with E-state index >= 15 is 0 Å². The molecule has 2 fully saturated rings. The Kier molecular flexibility index (Phi) is 9.95. The van der Waals surface area contributed by atoms with E-state index in [-0.39, 0.29) is 41.1 Å². The van der Waals surface area contributed by atoms with Crippen LogP contribution in [-0.4, -0.2) is 51.4 Å². The minimum atomic E-state index is -0.571. The average Bonchev–Trinajstić information content (AvgIpc) is 3.58. The van der Waals surface area contributed by atoms with Crippen molar-refractivity contribution in [2.24, 2.45) is 5.92 Å². The lowest BCUT2D eigenvalue weighted by atomic mass is 9.93. The van der Waals surface area contributed by atoms with Gasteiger partial charge in [-0.05, 0) is 56.4 Å². The highest BCUT2D eigenvalue weighted by atomic mass is 35.5. The Morgan fingerprint density at radius 3 is 2.74 bits per heavy atom. The molecule has 6 nitrogen and oxygen atoms in total. The second kappa shape index (κ2) is 12.7. The van der Waals surface area contributed by atoms with Crippen LogP contribution in [-0.2, 0) is 20.9 Å². The number of benzene rings is 1. The fourth-order valence-electron chi connectivity index (χ4n) is 4.46. The Bertz CT molecular complexity index is 1060. The summed E-state index contributed by atoms with van der Waals surface area (Å²) in [5, 5.41) is 4.66. The number of thiol groups is 1. The van der Waals surface area contributed by atoms with Gasteiger partial charge in [-0.25, -0.2) is 4.39 Å². The summed E-state index contributed by atoms with van der Waals surface area (Å²) in [5.41, 5.74) is 2.33. The van der Waals surface area contributed by atoms with E-state index in [1.807, 2.05) is 23.0 Å². The highest BCUT2D eigenvalue weighted by Gasteiger charge is 2.40. The summed E-state index contributed by atoms with van der Waals surface area (Å²) >= 11 is 4.77. The fraction of sp³-hybridized carbons (Fsp3) is 0.500. The number of aromatic nitrogens is 2. The van der Waals surface area contributed by atoms with E-state index in [9.17, 15) is 14.0 Å². The van der Waals surface area contributed by atoms with Crippen LogP contribution in [0.3, 0.4) is 0 Å². The molecule has 35 heavy (non-hydrogen) atoms. The molecule has 0 spiro atoms. The van der Waals surface area contributed by atoms with E-state index in [0.29, 0.717) is 44.6 Å². The number of hydrogen-bond donors (Lipinski definition) is 1. The van der Waals surface area contributed by atoms with Crippen molar-refractivity contribution in [3.05, 3.63) is 59.2 Å². The van der Waals surface area contributed by atoms with Crippen LogP contribution in [0.1, 0.15) is 56.3 Å². The second-order valence-electron chi connectivity index (χ2n) is 9.01. The van der Waals surface area contributed by atoms with Crippen LogP contribution < -0.4 is 0 Å². The summed E-state index contributed by atoms with van der Waals surface area (Å²) in [5.74, 6) is -0.368. The van der Waals surface area contributed by atoms with Crippen molar-refractivity contribution in [1.29, 1.82) is 0 Å². The first-order valence-corrected chi connectivity index (χ1v) is 12.6. The summed E-state index contributed by atoms with van der Waals surface area (Å²) in [6, 6.07) is 7.97. The monoisotopic (exact) mass is 521 g/mol. The van der Waals surface area contributed by atoms with Gasteiger partial charge in [-0.15, -0.1) is 12.4 Å². The average molecular weight is 522 g/mol. The third kappa shape index (κ3) is 7.18. The van der Waals surface area contributed by atoms with Crippen molar-refractivity contribution in [1.82, 2.24) is 14.7 Å². The van der Waals surface area contributed by atoms with Gasteiger partial charge in [-0.1, -0.05) is 18.2 Å². The fourth-order valence-corrected chi connectivity index (χ4v) is 4.73. The Morgan fingerprint density at radius 1 is 1.26 bits per heavy atom. The molecule has 4 rings (SSSR count). The molecule has 2 aliphatic rings. The zero-order valence-corrected chi connectivity index (χ0v) is 21.6. The number of carbonyl (C=O) groups is 2. The van der Waals surface area contributed by atoms with Crippen molar-refractivity contribution in [3.8, 4) is 0 Å². The molecule has 0 N–H and O–H groups in total. The largest absolute Gasteiger partial charge is 0.466 e. The lowest BCUT2D eigenvalue weighted by Crippen LogP contribution is -2.42. The Labute approximate surface area is 217 Å². The summed E-state index contributed by atoms with van der Waals surface area (Å²) in [7, 11) is 0. The predicted octanol–water partition coefficient (Wildman–Crippen LogP) is 4.90. The number of ketones is 1. The maximum atomic E-state index is 14.7. The van der Waals surface area contributed by atoms with Gasteiger partial charge in [0.2, 0.25) is 0 Å². The molecular weight excluding hydrogens is 489 g/mol. The number of halogens is 2. The van der Waals surface area contributed by atoms with Crippen molar-refractivity contribution in [2.75, 3.05) is 19.7 Å². The Balaban J connectivity index is 0.00000342. The molecule has 2 unspecified atom stereocenters. The molecule has 2 heterocycles. The molecule has 1 aromatic carbocycles. The van der Waals surface area contributed by atoms with E-state index < -0.39 is 6.04 Å². The first-order chi connectivity index (χ1) is 16.5. The Morgan fingerprint density at radius 2 is 2.03 bits per heavy atom. The molecule has 0 amide bonds. The molecular formula is C26H33ClFN3O3S. The van der Waals surface area contributed by atoms with Gasteiger partial charge in [0.1, 0.15) is 5.82 Å². The van der Waals surface area contributed by atoms with Gasteiger partial charge in [0, 0.05) is 49.0 Å². The van der Waals surface area contributed by atoms with Crippen LogP contribution in [0.4, 0.5) is 4.39 Å². The zero-order chi connectivity index (χ0) is 24.1. The topological polar surface area (TPSA) is 64.4 Å². The molecule has 1 aliphatic carbocycles. The van der Waals surface area contributed by atoms with Gasteiger partial charge in [0.05, 0.1) is 18.3 Å². The molecule has 1 aromatic heterocycles. The molecule has 9 heteroatoms. The maximum Gasteiger partial charge on any atom is 0.305 e. The zero-order valence-electron chi connectivity index (χ0n) is 19.9. The van der Waals surface area contributed by atoms with Crippen LogP contribution in [0.2, 0.25) is 0 Å². The third-order valence-corrected chi connectivity index (χ3v) is 6.98. The van der Waals surface area contributed by atoms with E-state index in [2.05, 4.69) is 10.00 Å². The smallest absolute Gasteiger partial charge is 0.305 e. The third-order valence-electron chi connectivity index (χ3n) is 6.39. The number of aryl methyl sites for hydroxylation is 1. The van der Waals surface area contributed by atoms with Crippen molar-refractivity contribution < 1.29 is 18.7 Å². The normalized spacial score (nSPS) is 20.3. The molecule has 2 aromatic rings. The number of hydrogen-bond acceptors (Lipinski definition) is 6. The van der Waals surface area contributed by atoms with Crippen LogP contribution in [0.5, 0.6) is 0 Å². The van der Waals surface area contributed by atoms with Gasteiger partial charge in [-0.3, -0.25) is 19.2 Å². The first kappa shape index (κ1) is 27.4. The quantitative estimate of drug-likeness (QED) is 0.356. The summed E-state index contributed by atoms with van der Waals surface area (Å²) in [4.78, 5) is 26.8. The molecule has 1 saturated heterocycles. The standard InChI is InChI=1S/C26H32FN3O3S.ClH/c1-2-33-24(31)8-5-13-30-15-11-20(28-30)16-19-17-29(14-12-23(19)34)25(26(32)18-9-10-18)21-6-3-4-7-22(21)27;/h3-4,6-7,11,15-16,18,23,25,34H,2,5,8-10,12-14,17H2,1H3;1H. The minimum absolute atomic E-state index is 0. The van der Waals surface area contributed by atoms with Gasteiger partial charge in [0.15, 0.2) is 5.78 Å². The van der Waals surface area contributed by atoms with Crippen molar-refractivity contribution >= 4 is 42.9 Å². The molecule has 0 radical (unpaired) electrons. The highest BCUT2D eigenvalue weighted by Crippen LogP contribution is 2.39. The van der Waals surface area contributed by atoms with Gasteiger partial charge in [-0.2, -0.15) is 17.7 Å². The number of esters is 1. The molecule has 0 bridgehead atoms. The van der Waals surface area contributed by atoms with Gasteiger partial charge < -0.3 is 4.74 Å². The number of likely N-dealkylation sites (tertiary alicyclic amines) is 1. The second-order valence-corrected chi connectivity index (χ2v) is 9.63. The Hall–Kier alpha value is -2.16. The van der Waals surface area contributed by atoms with Crippen LogP contribution in [0, 0.1) is 11.7 Å². The van der Waals surface area contributed by atoms with Gasteiger partial charge >= 0.3 is 5.97 Å². The lowest BCUT2D eigenvalue weighted by Gasteiger charge is -2.37. The maximum absolute atomic E-state index is 14.7. The number of piperidine rings is 1. The SMILES string of the molecule is CCOC(=O)CCCn1ccc(C=C2CN(C(C(=O)C3CC3)c3ccccc3F)CCC2S)n1.Cl. The summed E-state index contributed by atoms with van der Waals surface area (Å²) < 4.78 is 21.5. The number of rotatable bonds is 10. The summed E-state index contributed by atoms with van der Waals surface area (Å²) in [6.07, 6.45) is 7.50. The van der Waals surface area contributed by atoms with E-state index in [1.165, 1.54) is 6.07 Å². The number of carbonyl (C=O) groups excluding carboxylic acids is 2. The van der Waals surface area contributed by atoms with E-state index in [1.54, 1.807) is 25.1 Å². The van der Waals surface area contributed by atoms with Gasteiger partial charge in [0.25, 0.3) is 0 Å². The van der Waals surface area contributed by atoms with E-state index in [4.69, 9.17) is 17.4 Å². The predicted molar refractivity (Wildman–Crippen MR) is 139 cm³/mol. The number of Topliss-reactive ketones (excluding diaryl/α,β-unsaturated/α-hetero) is 1. The van der Waals surface area contributed by atoms with Crippen LogP contribution in [0.15, 0.2) is 42.1 Å². The molecule has 1 aliphatic heterocycles. The van der Waals surface area contributed by atoms with E-state index in [0.717, 1.165) is 30.5 Å². The highest BCUT2D eigenvalue weighted by molar-refractivity contribution is 7.81. The van der Waals surface area contributed by atoms with Crippen molar-refractivity contribution in [2.45, 2.75) is 56.9 Å². The molecule has 190 valence electrons. The number of ether oxygens (including phenoxy) is 1. The van der Waals surface area contributed by atoms with Crippen LogP contribution in [0.25, 0.3) is 6.08 Å². The molecule has 2 atom stereocenters. The summed E-state index contributed by atoms with van der Waals surface area (Å²) in [6.45, 7) is 4.05. The van der Waals surface area contributed by atoms with Crippen molar-refractivity contribution in [3.63, 3.8) is 0 Å². The lowest BCUT2D eigenvalue weighted by molar-refractivity contribution is -0.143. The van der Waals surface area contributed by atoms with Crippen LogP contribution >= 0.6 is 25.0 Å². The first-order valence-electron chi connectivity index (χ1n) is 12.1. The number of nitrogens with zero attached hydrogens (tertiary/aromatic N) is 3.